The van der Waals surface area contributed by atoms with Gasteiger partial charge in [0.1, 0.15) is 0 Å². The van der Waals surface area contributed by atoms with Crippen LogP contribution in [-0.2, 0) is 5.41 Å². The summed E-state index contributed by atoms with van der Waals surface area (Å²) >= 11 is 0. The summed E-state index contributed by atoms with van der Waals surface area (Å²) in [5.74, 6) is 0. The van der Waals surface area contributed by atoms with Crippen LogP contribution < -0.4 is 5.32 Å². The quantitative estimate of drug-likeness (QED) is 0.835. The first kappa shape index (κ1) is 15.8. The normalized spacial score (nSPS) is 13.3. The summed E-state index contributed by atoms with van der Waals surface area (Å²) in [5, 5.41) is 8.10. The first-order valence-corrected chi connectivity index (χ1v) is 7.88. The summed E-state index contributed by atoms with van der Waals surface area (Å²) in [6.45, 7) is 10.1. The Labute approximate surface area is 128 Å². The highest BCUT2D eigenvalue weighted by Gasteiger charge is 2.27. The van der Waals surface area contributed by atoms with Crippen molar-refractivity contribution in [1.82, 2.24) is 15.1 Å². The molecule has 1 unspecified atom stereocenters. The predicted molar refractivity (Wildman–Crippen MR) is 89.0 cm³/mol. The molecule has 1 aromatic carbocycles. The van der Waals surface area contributed by atoms with Crippen molar-refractivity contribution >= 4 is 0 Å². The molecule has 0 fully saturated rings. The molecule has 3 heteroatoms. The van der Waals surface area contributed by atoms with Crippen LogP contribution in [0.25, 0.3) is 5.69 Å². The molecule has 2 aromatic rings. The van der Waals surface area contributed by atoms with E-state index in [1.165, 1.54) is 12.1 Å². The average molecular weight is 285 g/mol. The van der Waals surface area contributed by atoms with Crippen LogP contribution in [0.5, 0.6) is 0 Å². The molecule has 0 saturated heterocycles. The van der Waals surface area contributed by atoms with Crippen molar-refractivity contribution < 1.29 is 0 Å². The predicted octanol–water partition coefficient (Wildman–Crippen LogP) is 3.93. The summed E-state index contributed by atoms with van der Waals surface area (Å²) in [5.41, 5.74) is 2.46. The van der Waals surface area contributed by atoms with Gasteiger partial charge in [-0.25, -0.2) is 4.68 Å². The molecule has 0 saturated carbocycles. The second-order valence-electron chi connectivity index (χ2n) is 6.41. The van der Waals surface area contributed by atoms with Crippen LogP contribution in [0.3, 0.4) is 0 Å². The lowest BCUT2D eigenvalue weighted by Gasteiger charge is -2.29. The van der Waals surface area contributed by atoms with E-state index < -0.39 is 0 Å². The fourth-order valence-electron chi connectivity index (χ4n) is 2.92. The van der Waals surface area contributed by atoms with E-state index >= 15 is 0 Å². The van der Waals surface area contributed by atoms with Gasteiger partial charge in [0.15, 0.2) is 0 Å². The molecular weight excluding hydrogens is 258 g/mol. The summed E-state index contributed by atoms with van der Waals surface area (Å²) in [6, 6.07) is 13.0. The van der Waals surface area contributed by atoms with Gasteiger partial charge in [0.2, 0.25) is 0 Å². The molecule has 1 aromatic heterocycles. The smallest absolute Gasteiger partial charge is 0.0649 e. The van der Waals surface area contributed by atoms with Gasteiger partial charge in [-0.15, -0.1) is 0 Å². The molecule has 0 spiro atoms. The molecule has 1 atom stereocenters. The van der Waals surface area contributed by atoms with Crippen LogP contribution in [-0.4, -0.2) is 22.4 Å². The summed E-state index contributed by atoms with van der Waals surface area (Å²) in [6.07, 6.45) is 4.16. The van der Waals surface area contributed by atoms with Gasteiger partial charge in [-0.2, -0.15) is 5.10 Å². The van der Waals surface area contributed by atoms with Gasteiger partial charge in [-0.3, -0.25) is 0 Å². The van der Waals surface area contributed by atoms with Crippen LogP contribution >= 0.6 is 0 Å². The largest absolute Gasteiger partial charge is 0.314 e. The fourth-order valence-corrected chi connectivity index (χ4v) is 2.92. The number of hydrogen-bond donors (Lipinski definition) is 1. The lowest BCUT2D eigenvalue weighted by atomic mass is 9.82. The topological polar surface area (TPSA) is 29.9 Å². The molecule has 0 bridgehead atoms. The molecule has 3 nitrogen and oxygen atoms in total. The van der Waals surface area contributed by atoms with Gasteiger partial charge in [-0.1, -0.05) is 39.0 Å². The number of nitrogens with zero attached hydrogens (tertiary/aromatic N) is 2. The van der Waals surface area contributed by atoms with Gasteiger partial charge in [0.05, 0.1) is 5.69 Å². The Kier molecular flexibility index (Phi) is 5.18. The van der Waals surface area contributed by atoms with Gasteiger partial charge < -0.3 is 5.32 Å². The van der Waals surface area contributed by atoms with Crippen LogP contribution in [0.2, 0.25) is 0 Å². The average Bonchev–Trinajstić information content (AvgIpc) is 2.96. The SMILES string of the molecule is CCCNC(C)CC(C)(C)c1ccnn1-c1ccccc1. The molecule has 0 aliphatic heterocycles. The van der Waals surface area contributed by atoms with Crippen molar-refractivity contribution in [2.75, 3.05) is 6.54 Å². The maximum absolute atomic E-state index is 4.52. The molecule has 0 aliphatic carbocycles. The minimum absolute atomic E-state index is 0.0759. The monoisotopic (exact) mass is 285 g/mol. The zero-order valence-corrected chi connectivity index (χ0v) is 13.6. The lowest BCUT2D eigenvalue weighted by molar-refractivity contribution is 0.375. The number of benzene rings is 1. The van der Waals surface area contributed by atoms with Crippen molar-refractivity contribution in [3.8, 4) is 5.69 Å². The third-order valence-electron chi connectivity index (χ3n) is 3.90. The standard InChI is InChI=1S/C18H27N3/c1-5-12-19-15(2)14-18(3,4)17-11-13-20-21(17)16-9-7-6-8-10-16/h6-11,13,15,19H,5,12,14H2,1-4H3. The lowest BCUT2D eigenvalue weighted by Crippen LogP contribution is -2.34. The number of nitrogens with one attached hydrogen (secondary N) is 1. The molecule has 21 heavy (non-hydrogen) atoms. The number of rotatable bonds is 7. The highest BCUT2D eigenvalue weighted by molar-refractivity contribution is 5.34. The number of hydrogen-bond acceptors (Lipinski definition) is 2. The van der Waals surface area contributed by atoms with Gasteiger partial charge in [0.25, 0.3) is 0 Å². The van der Waals surface area contributed by atoms with Crippen molar-refractivity contribution in [2.45, 2.75) is 52.0 Å². The maximum atomic E-state index is 4.52. The van der Waals surface area contributed by atoms with Gasteiger partial charge in [0, 0.05) is 23.3 Å². The van der Waals surface area contributed by atoms with Gasteiger partial charge in [-0.05, 0) is 44.5 Å². The number of para-hydroxylation sites is 1. The van der Waals surface area contributed by atoms with E-state index in [2.05, 4.69) is 73.1 Å². The minimum atomic E-state index is 0.0759. The second-order valence-corrected chi connectivity index (χ2v) is 6.41. The first-order chi connectivity index (χ1) is 10.0. The molecule has 2 rings (SSSR count). The van der Waals surface area contributed by atoms with Crippen molar-refractivity contribution in [3.63, 3.8) is 0 Å². The molecule has 1 N–H and O–H groups in total. The Bertz CT molecular complexity index is 543. The Hall–Kier alpha value is -1.61. The van der Waals surface area contributed by atoms with Crippen molar-refractivity contribution in [1.29, 1.82) is 0 Å². The van der Waals surface area contributed by atoms with E-state index in [0.717, 1.165) is 18.7 Å². The highest BCUT2D eigenvalue weighted by Crippen LogP contribution is 2.29. The van der Waals surface area contributed by atoms with Crippen LogP contribution in [0.1, 0.15) is 46.2 Å². The van der Waals surface area contributed by atoms with Crippen molar-refractivity contribution in [2.24, 2.45) is 0 Å². The Balaban J connectivity index is 2.19. The summed E-state index contributed by atoms with van der Waals surface area (Å²) in [4.78, 5) is 0. The Morgan fingerprint density at radius 3 is 2.57 bits per heavy atom. The van der Waals surface area contributed by atoms with E-state index in [1.54, 1.807) is 0 Å². The molecule has 0 aliphatic rings. The summed E-state index contributed by atoms with van der Waals surface area (Å²) in [7, 11) is 0. The maximum Gasteiger partial charge on any atom is 0.0649 e. The van der Waals surface area contributed by atoms with E-state index in [9.17, 15) is 0 Å². The zero-order valence-electron chi connectivity index (χ0n) is 13.6. The first-order valence-electron chi connectivity index (χ1n) is 7.88. The zero-order chi connectivity index (χ0) is 15.3. The minimum Gasteiger partial charge on any atom is -0.314 e. The molecule has 0 amide bonds. The molecule has 1 heterocycles. The van der Waals surface area contributed by atoms with E-state index in [0.29, 0.717) is 6.04 Å². The second kappa shape index (κ2) is 6.90. The molecule has 0 radical (unpaired) electrons. The van der Waals surface area contributed by atoms with Crippen molar-refractivity contribution in [3.05, 3.63) is 48.3 Å². The van der Waals surface area contributed by atoms with Crippen LogP contribution in [0.15, 0.2) is 42.6 Å². The molecule has 114 valence electrons. The third kappa shape index (κ3) is 3.94. The Morgan fingerprint density at radius 1 is 1.19 bits per heavy atom. The van der Waals surface area contributed by atoms with Crippen LogP contribution in [0.4, 0.5) is 0 Å². The summed E-state index contributed by atoms with van der Waals surface area (Å²) < 4.78 is 2.06. The number of aromatic nitrogens is 2. The fraction of sp³-hybridized carbons (Fsp3) is 0.500. The van der Waals surface area contributed by atoms with E-state index in [1.807, 2.05) is 12.3 Å². The van der Waals surface area contributed by atoms with Gasteiger partial charge >= 0.3 is 0 Å². The highest BCUT2D eigenvalue weighted by atomic mass is 15.3. The van der Waals surface area contributed by atoms with E-state index in [4.69, 9.17) is 0 Å². The molecular formula is C18H27N3. The van der Waals surface area contributed by atoms with E-state index in [-0.39, 0.29) is 5.41 Å². The Morgan fingerprint density at radius 2 is 1.90 bits per heavy atom. The third-order valence-corrected chi connectivity index (χ3v) is 3.90. The van der Waals surface area contributed by atoms with Crippen LogP contribution in [0, 0.1) is 0 Å².